The second-order valence-electron chi connectivity index (χ2n) is 7.63. The SMILES string of the molecule is Cc1noc(C)c1Cn1cc(N2C(=O)N(Cc3cccnc3)C(C)(C)C2=O)cn1. The molecule has 3 amide bonds. The van der Waals surface area contributed by atoms with Crippen LogP contribution in [0, 0.1) is 13.8 Å². The lowest BCUT2D eigenvalue weighted by Gasteiger charge is -2.27. The number of carbonyl (C=O) groups excluding carboxylic acids is 2. The van der Waals surface area contributed by atoms with E-state index in [-0.39, 0.29) is 11.9 Å². The van der Waals surface area contributed by atoms with Crippen molar-refractivity contribution in [1.29, 1.82) is 0 Å². The van der Waals surface area contributed by atoms with Crippen LogP contribution in [0.3, 0.4) is 0 Å². The van der Waals surface area contributed by atoms with Crippen LogP contribution in [0.25, 0.3) is 0 Å². The molecule has 3 aromatic rings. The van der Waals surface area contributed by atoms with Gasteiger partial charge in [0.25, 0.3) is 5.91 Å². The smallest absolute Gasteiger partial charge is 0.332 e. The normalized spacial score (nSPS) is 16.1. The van der Waals surface area contributed by atoms with Crippen LogP contribution >= 0.6 is 0 Å². The van der Waals surface area contributed by atoms with Crippen LogP contribution in [0.4, 0.5) is 10.5 Å². The van der Waals surface area contributed by atoms with Gasteiger partial charge in [0.1, 0.15) is 11.3 Å². The number of rotatable bonds is 5. The lowest BCUT2D eigenvalue weighted by molar-refractivity contribution is -0.123. The zero-order valence-electron chi connectivity index (χ0n) is 16.8. The Kier molecular flexibility index (Phi) is 4.45. The van der Waals surface area contributed by atoms with Crippen LogP contribution < -0.4 is 4.90 Å². The van der Waals surface area contributed by atoms with E-state index in [0.717, 1.165) is 22.6 Å². The van der Waals surface area contributed by atoms with Gasteiger partial charge in [-0.05, 0) is 39.3 Å². The molecular weight excluding hydrogens is 372 g/mol. The summed E-state index contributed by atoms with van der Waals surface area (Å²) < 4.78 is 6.85. The summed E-state index contributed by atoms with van der Waals surface area (Å²) in [6.45, 7) is 7.94. The van der Waals surface area contributed by atoms with Crippen molar-refractivity contribution in [3.05, 3.63) is 59.5 Å². The maximum atomic E-state index is 13.1. The third kappa shape index (κ3) is 3.18. The Labute approximate surface area is 167 Å². The molecule has 0 N–H and O–H groups in total. The molecule has 0 radical (unpaired) electrons. The third-order valence-corrected chi connectivity index (χ3v) is 5.27. The number of imide groups is 1. The average Bonchev–Trinajstić information content (AvgIpc) is 3.32. The van der Waals surface area contributed by atoms with Crippen molar-refractivity contribution >= 4 is 17.6 Å². The van der Waals surface area contributed by atoms with E-state index in [1.807, 2.05) is 19.9 Å². The molecule has 1 aliphatic heterocycles. The van der Waals surface area contributed by atoms with Crippen molar-refractivity contribution in [2.45, 2.75) is 46.3 Å². The van der Waals surface area contributed by atoms with Crippen molar-refractivity contribution in [3.63, 3.8) is 0 Å². The molecule has 150 valence electrons. The minimum atomic E-state index is -0.976. The molecule has 4 heterocycles. The summed E-state index contributed by atoms with van der Waals surface area (Å²) in [5, 5.41) is 8.26. The number of aryl methyl sites for hydroxylation is 2. The number of urea groups is 1. The topological polar surface area (TPSA) is 97.4 Å². The van der Waals surface area contributed by atoms with E-state index in [0.29, 0.717) is 18.8 Å². The molecule has 0 spiro atoms. The molecule has 29 heavy (non-hydrogen) atoms. The van der Waals surface area contributed by atoms with Gasteiger partial charge in [0.15, 0.2) is 0 Å². The number of anilines is 1. The number of hydrogen-bond donors (Lipinski definition) is 0. The highest BCUT2D eigenvalue weighted by Gasteiger charge is 2.52. The monoisotopic (exact) mass is 394 g/mol. The maximum absolute atomic E-state index is 13.1. The summed E-state index contributed by atoms with van der Waals surface area (Å²) in [6.07, 6.45) is 6.58. The predicted octanol–water partition coefficient (Wildman–Crippen LogP) is 2.68. The summed E-state index contributed by atoms with van der Waals surface area (Å²) in [5.74, 6) is 0.430. The highest BCUT2D eigenvalue weighted by molar-refractivity contribution is 6.22. The van der Waals surface area contributed by atoms with E-state index in [9.17, 15) is 9.59 Å². The van der Waals surface area contributed by atoms with Crippen LogP contribution in [0.1, 0.15) is 36.4 Å². The summed E-state index contributed by atoms with van der Waals surface area (Å²) >= 11 is 0. The van der Waals surface area contributed by atoms with Gasteiger partial charge in [-0.1, -0.05) is 11.2 Å². The Hall–Kier alpha value is -3.49. The van der Waals surface area contributed by atoms with Crippen LogP contribution in [0.15, 0.2) is 41.4 Å². The quantitative estimate of drug-likeness (QED) is 0.617. The zero-order chi connectivity index (χ0) is 20.8. The van der Waals surface area contributed by atoms with Crippen molar-refractivity contribution in [1.82, 2.24) is 24.8 Å². The molecule has 0 atom stereocenters. The molecule has 0 saturated carbocycles. The first-order valence-electron chi connectivity index (χ1n) is 9.28. The second kappa shape index (κ2) is 6.84. The fourth-order valence-corrected chi connectivity index (χ4v) is 3.45. The largest absolute Gasteiger partial charge is 0.361 e. The summed E-state index contributed by atoms with van der Waals surface area (Å²) in [4.78, 5) is 33.0. The molecule has 1 saturated heterocycles. The maximum Gasteiger partial charge on any atom is 0.332 e. The standard InChI is InChI=1S/C20H22N6O3/c1-13-17(14(2)29-23-13)12-24-11-16(9-22-24)26-18(27)20(3,4)25(19(26)28)10-15-6-5-7-21-8-15/h5-9,11H,10,12H2,1-4H3. The number of aromatic nitrogens is 4. The molecule has 4 rings (SSSR count). The van der Waals surface area contributed by atoms with E-state index in [4.69, 9.17) is 4.52 Å². The highest BCUT2D eigenvalue weighted by atomic mass is 16.5. The number of nitrogens with zero attached hydrogens (tertiary/aromatic N) is 6. The highest BCUT2D eigenvalue weighted by Crippen LogP contribution is 2.33. The fraction of sp³-hybridized carbons (Fsp3) is 0.350. The minimum absolute atomic E-state index is 0.289. The number of carbonyl (C=O) groups is 2. The molecular formula is C20H22N6O3. The van der Waals surface area contributed by atoms with Gasteiger partial charge < -0.3 is 9.42 Å². The van der Waals surface area contributed by atoms with Crippen molar-refractivity contribution in [2.24, 2.45) is 0 Å². The molecule has 9 nitrogen and oxygen atoms in total. The van der Waals surface area contributed by atoms with Gasteiger partial charge in [-0.15, -0.1) is 0 Å². The van der Waals surface area contributed by atoms with Gasteiger partial charge in [0.2, 0.25) is 0 Å². The lowest BCUT2D eigenvalue weighted by atomic mass is 10.0. The Balaban J connectivity index is 1.59. The van der Waals surface area contributed by atoms with Crippen LogP contribution in [0.2, 0.25) is 0 Å². The Morgan fingerprint density at radius 2 is 1.93 bits per heavy atom. The van der Waals surface area contributed by atoms with E-state index in [1.165, 1.54) is 11.1 Å². The molecule has 3 aromatic heterocycles. The molecule has 0 bridgehead atoms. The molecule has 1 aliphatic rings. The van der Waals surface area contributed by atoms with Gasteiger partial charge in [-0.3, -0.25) is 14.5 Å². The Morgan fingerprint density at radius 3 is 2.59 bits per heavy atom. The van der Waals surface area contributed by atoms with Gasteiger partial charge in [0.05, 0.1) is 30.7 Å². The number of pyridine rings is 1. The van der Waals surface area contributed by atoms with Crippen molar-refractivity contribution in [3.8, 4) is 0 Å². The molecule has 1 fully saturated rings. The van der Waals surface area contributed by atoms with E-state index < -0.39 is 5.54 Å². The van der Waals surface area contributed by atoms with E-state index >= 15 is 0 Å². The molecule has 0 unspecified atom stereocenters. The first kappa shape index (κ1) is 18.9. The van der Waals surface area contributed by atoms with Crippen molar-refractivity contribution in [2.75, 3.05) is 4.90 Å². The van der Waals surface area contributed by atoms with E-state index in [1.54, 1.807) is 48.1 Å². The fourth-order valence-electron chi connectivity index (χ4n) is 3.45. The van der Waals surface area contributed by atoms with Crippen molar-refractivity contribution < 1.29 is 14.1 Å². The molecule has 0 aliphatic carbocycles. The lowest BCUT2D eigenvalue weighted by Crippen LogP contribution is -2.43. The summed E-state index contributed by atoms with van der Waals surface area (Å²) in [7, 11) is 0. The van der Waals surface area contributed by atoms with Crippen LogP contribution in [-0.2, 0) is 17.9 Å². The first-order chi connectivity index (χ1) is 13.8. The van der Waals surface area contributed by atoms with Gasteiger partial charge in [-0.25, -0.2) is 9.69 Å². The summed E-state index contributed by atoms with van der Waals surface area (Å²) in [5.41, 5.74) is 2.04. The zero-order valence-corrected chi connectivity index (χ0v) is 16.8. The second-order valence-corrected chi connectivity index (χ2v) is 7.63. The molecule has 0 aromatic carbocycles. The summed E-state index contributed by atoms with van der Waals surface area (Å²) in [6, 6.07) is 3.31. The minimum Gasteiger partial charge on any atom is -0.361 e. The van der Waals surface area contributed by atoms with Crippen LogP contribution in [-0.4, -0.2) is 42.3 Å². The van der Waals surface area contributed by atoms with Gasteiger partial charge >= 0.3 is 6.03 Å². The van der Waals surface area contributed by atoms with Gasteiger partial charge in [-0.2, -0.15) is 5.10 Å². The van der Waals surface area contributed by atoms with Gasteiger partial charge in [0, 0.05) is 24.2 Å². The Bertz CT molecular complexity index is 1050. The van der Waals surface area contributed by atoms with Crippen LogP contribution in [0.5, 0.6) is 0 Å². The Morgan fingerprint density at radius 1 is 1.14 bits per heavy atom. The average molecular weight is 394 g/mol. The van der Waals surface area contributed by atoms with E-state index in [2.05, 4.69) is 15.2 Å². The number of amides is 3. The third-order valence-electron chi connectivity index (χ3n) is 5.27. The molecule has 9 heteroatoms. The first-order valence-corrected chi connectivity index (χ1v) is 9.28. The number of hydrogen-bond acceptors (Lipinski definition) is 6. The predicted molar refractivity (Wildman–Crippen MR) is 104 cm³/mol.